The van der Waals surface area contributed by atoms with Gasteiger partial charge in [0.1, 0.15) is 13.2 Å². The Morgan fingerprint density at radius 3 is 2.74 bits per heavy atom. The van der Waals surface area contributed by atoms with Crippen molar-refractivity contribution in [1.82, 2.24) is 10.2 Å². The highest BCUT2D eigenvalue weighted by Crippen LogP contribution is 2.32. The Morgan fingerprint density at radius 2 is 2.00 bits per heavy atom. The van der Waals surface area contributed by atoms with Gasteiger partial charge in [0.25, 0.3) is 0 Å². The summed E-state index contributed by atoms with van der Waals surface area (Å²) in [6.07, 6.45) is 2.07. The first-order valence-electron chi connectivity index (χ1n) is 9.04. The average Bonchev–Trinajstić information content (AvgIpc) is 2.66. The number of nitrogens with zero attached hydrogens (tertiary/aromatic N) is 1. The quantitative estimate of drug-likeness (QED) is 0.753. The molecule has 1 unspecified atom stereocenters. The van der Waals surface area contributed by atoms with Gasteiger partial charge in [-0.25, -0.2) is 8.42 Å². The number of fused-ring (bicyclic) bond motifs is 1. The van der Waals surface area contributed by atoms with Crippen LogP contribution in [-0.4, -0.2) is 64.9 Å². The number of carbonyl (C=O) groups excluding carboxylic acids is 1. The van der Waals surface area contributed by atoms with Gasteiger partial charge in [0.2, 0.25) is 5.91 Å². The molecule has 2 heterocycles. The highest BCUT2D eigenvalue weighted by molar-refractivity contribution is 7.91. The van der Waals surface area contributed by atoms with Crippen molar-refractivity contribution in [2.45, 2.75) is 24.2 Å². The Hall–Kier alpha value is -1.51. The van der Waals surface area contributed by atoms with Crippen LogP contribution in [-0.2, 0) is 14.6 Å². The molecule has 27 heavy (non-hydrogen) atoms. The third kappa shape index (κ3) is 5.49. The number of piperidine rings is 1. The van der Waals surface area contributed by atoms with Crippen LogP contribution in [0, 0.1) is 5.92 Å². The van der Waals surface area contributed by atoms with E-state index in [1.165, 1.54) is 12.1 Å². The lowest BCUT2D eigenvalue weighted by molar-refractivity contribution is -0.132. The molecule has 1 N–H and O–H groups in total. The van der Waals surface area contributed by atoms with Crippen molar-refractivity contribution in [2.75, 3.05) is 45.6 Å². The number of amides is 1. The first-order chi connectivity index (χ1) is 12.5. The molecule has 0 bridgehead atoms. The molecule has 152 valence electrons. The van der Waals surface area contributed by atoms with Crippen LogP contribution in [0.4, 0.5) is 0 Å². The maximum Gasteiger partial charge on any atom is 0.223 e. The zero-order valence-electron chi connectivity index (χ0n) is 15.5. The Balaban J connectivity index is 0.00000261. The molecule has 0 spiro atoms. The molecule has 0 saturated carbocycles. The van der Waals surface area contributed by atoms with E-state index in [9.17, 15) is 13.2 Å². The standard InChI is InChI=1S/C18H26N2O5S.ClH/c1-19-12-14-3-2-7-20(13-14)18(21)6-10-26(22,23)15-4-5-16-17(11-15)25-9-8-24-16;/h4-5,11,14,19H,2-3,6-10,12-13H2,1H3;1H. The number of carbonyl (C=O) groups is 1. The molecule has 3 rings (SSSR count). The minimum absolute atomic E-state index is 0. The van der Waals surface area contributed by atoms with Gasteiger partial charge in [-0.15, -0.1) is 12.4 Å². The van der Waals surface area contributed by atoms with Crippen molar-refractivity contribution in [1.29, 1.82) is 0 Å². The monoisotopic (exact) mass is 418 g/mol. The highest BCUT2D eigenvalue weighted by Gasteiger charge is 2.25. The van der Waals surface area contributed by atoms with E-state index < -0.39 is 9.84 Å². The van der Waals surface area contributed by atoms with Gasteiger partial charge in [0.05, 0.1) is 10.6 Å². The number of likely N-dealkylation sites (tertiary alicyclic amines) is 1. The fourth-order valence-electron chi connectivity index (χ4n) is 3.46. The van der Waals surface area contributed by atoms with Crippen molar-refractivity contribution in [2.24, 2.45) is 5.92 Å². The van der Waals surface area contributed by atoms with Crippen molar-refractivity contribution in [3.63, 3.8) is 0 Å². The smallest absolute Gasteiger partial charge is 0.223 e. The predicted octanol–water partition coefficient (Wildman–Crippen LogP) is 1.50. The molecular weight excluding hydrogens is 392 g/mol. The van der Waals surface area contributed by atoms with Gasteiger partial charge in [-0.1, -0.05) is 0 Å². The molecule has 1 aromatic rings. The zero-order chi connectivity index (χ0) is 18.6. The molecule has 9 heteroatoms. The van der Waals surface area contributed by atoms with Crippen LogP contribution in [0.5, 0.6) is 11.5 Å². The molecule has 1 atom stereocenters. The Kier molecular flexibility index (Phi) is 7.76. The summed E-state index contributed by atoms with van der Waals surface area (Å²) < 4.78 is 36.0. The van der Waals surface area contributed by atoms with Gasteiger partial charge in [0, 0.05) is 25.6 Å². The largest absolute Gasteiger partial charge is 0.486 e. The second-order valence-corrected chi connectivity index (χ2v) is 8.89. The third-order valence-electron chi connectivity index (χ3n) is 4.82. The molecule has 0 aliphatic carbocycles. The Labute approximate surface area is 166 Å². The summed E-state index contributed by atoms with van der Waals surface area (Å²) >= 11 is 0. The summed E-state index contributed by atoms with van der Waals surface area (Å²) in [6, 6.07) is 4.60. The lowest BCUT2D eigenvalue weighted by Crippen LogP contribution is -2.42. The third-order valence-corrected chi connectivity index (χ3v) is 6.54. The number of nitrogens with one attached hydrogen (secondary N) is 1. The predicted molar refractivity (Wildman–Crippen MR) is 105 cm³/mol. The topological polar surface area (TPSA) is 84.9 Å². The number of hydrogen-bond acceptors (Lipinski definition) is 6. The second kappa shape index (κ2) is 9.61. The van der Waals surface area contributed by atoms with Crippen LogP contribution in [0.15, 0.2) is 23.1 Å². The van der Waals surface area contributed by atoms with Crippen LogP contribution in [0.2, 0.25) is 0 Å². The summed E-state index contributed by atoms with van der Waals surface area (Å²) in [7, 11) is -1.64. The normalized spacial score (nSPS) is 19.3. The molecule has 0 radical (unpaired) electrons. The van der Waals surface area contributed by atoms with E-state index in [2.05, 4.69) is 5.32 Å². The first kappa shape index (κ1) is 21.8. The molecule has 2 aliphatic rings. The van der Waals surface area contributed by atoms with Gasteiger partial charge in [0.15, 0.2) is 21.3 Å². The Bertz CT molecular complexity index is 754. The number of sulfone groups is 1. The maximum atomic E-state index is 12.6. The van der Waals surface area contributed by atoms with Crippen LogP contribution in [0.25, 0.3) is 0 Å². The van der Waals surface area contributed by atoms with Gasteiger partial charge in [-0.3, -0.25) is 4.79 Å². The van der Waals surface area contributed by atoms with Crippen LogP contribution >= 0.6 is 12.4 Å². The minimum atomic E-state index is -3.55. The van der Waals surface area contributed by atoms with Crippen LogP contribution in [0.3, 0.4) is 0 Å². The molecule has 1 aromatic carbocycles. The fourth-order valence-corrected chi connectivity index (χ4v) is 4.70. The summed E-state index contributed by atoms with van der Waals surface area (Å²) in [5.74, 6) is 1.14. The molecule has 0 aromatic heterocycles. The lowest BCUT2D eigenvalue weighted by atomic mass is 9.98. The fraction of sp³-hybridized carbons (Fsp3) is 0.611. The van der Waals surface area contributed by atoms with E-state index in [1.807, 2.05) is 7.05 Å². The van der Waals surface area contributed by atoms with E-state index >= 15 is 0 Å². The summed E-state index contributed by atoms with van der Waals surface area (Å²) in [5, 5.41) is 3.14. The summed E-state index contributed by atoms with van der Waals surface area (Å²) in [6.45, 7) is 3.14. The number of rotatable bonds is 6. The van der Waals surface area contributed by atoms with Crippen LogP contribution in [0.1, 0.15) is 19.3 Å². The summed E-state index contributed by atoms with van der Waals surface area (Å²) in [4.78, 5) is 14.4. The molecule has 1 amide bonds. The average molecular weight is 419 g/mol. The minimum Gasteiger partial charge on any atom is -0.486 e. The van der Waals surface area contributed by atoms with Gasteiger partial charge in [-0.2, -0.15) is 0 Å². The molecular formula is C18H27ClN2O5S. The zero-order valence-corrected chi connectivity index (χ0v) is 17.1. The van der Waals surface area contributed by atoms with Crippen molar-refractivity contribution in [3.05, 3.63) is 18.2 Å². The molecule has 1 fully saturated rings. The maximum absolute atomic E-state index is 12.6. The molecule has 7 nitrogen and oxygen atoms in total. The van der Waals surface area contributed by atoms with Gasteiger partial charge >= 0.3 is 0 Å². The summed E-state index contributed by atoms with van der Waals surface area (Å²) in [5.41, 5.74) is 0. The van der Waals surface area contributed by atoms with Crippen molar-refractivity contribution < 1.29 is 22.7 Å². The Morgan fingerprint density at radius 1 is 1.26 bits per heavy atom. The van der Waals surface area contributed by atoms with E-state index in [-0.39, 0.29) is 35.4 Å². The van der Waals surface area contributed by atoms with E-state index in [0.29, 0.717) is 43.7 Å². The van der Waals surface area contributed by atoms with E-state index in [0.717, 1.165) is 19.4 Å². The first-order valence-corrected chi connectivity index (χ1v) is 10.7. The molecule has 1 saturated heterocycles. The number of ether oxygens (including phenoxy) is 2. The number of benzene rings is 1. The SMILES string of the molecule is CNCC1CCCN(C(=O)CCS(=O)(=O)c2ccc3c(c2)OCCO3)C1.Cl. The number of hydrogen-bond donors (Lipinski definition) is 1. The van der Waals surface area contributed by atoms with E-state index in [1.54, 1.807) is 11.0 Å². The second-order valence-electron chi connectivity index (χ2n) is 6.78. The lowest BCUT2D eigenvalue weighted by Gasteiger charge is -2.32. The van der Waals surface area contributed by atoms with Gasteiger partial charge in [-0.05, 0) is 44.5 Å². The van der Waals surface area contributed by atoms with Crippen molar-refractivity contribution >= 4 is 28.2 Å². The van der Waals surface area contributed by atoms with E-state index in [4.69, 9.17) is 9.47 Å². The van der Waals surface area contributed by atoms with Gasteiger partial charge < -0.3 is 19.7 Å². The number of halogens is 1. The van der Waals surface area contributed by atoms with Crippen LogP contribution < -0.4 is 14.8 Å². The van der Waals surface area contributed by atoms with Crippen molar-refractivity contribution in [3.8, 4) is 11.5 Å². The molecule has 2 aliphatic heterocycles. The highest BCUT2D eigenvalue weighted by atomic mass is 35.5.